The van der Waals surface area contributed by atoms with Crippen LogP contribution in [-0.4, -0.2) is 4.98 Å². The van der Waals surface area contributed by atoms with Gasteiger partial charge in [-0.2, -0.15) is 5.26 Å². The highest BCUT2D eigenvalue weighted by Crippen LogP contribution is 2.35. The van der Waals surface area contributed by atoms with Gasteiger partial charge >= 0.3 is 0 Å². The van der Waals surface area contributed by atoms with Crippen LogP contribution < -0.4 is 4.74 Å². The molecule has 0 bridgehead atoms. The third-order valence-corrected chi connectivity index (χ3v) is 4.81. The average molecular weight is 358 g/mol. The minimum Gasteiger partial charge on any atom is -0.472 e. The van der Waals surface area contributed by atoms with Gasteiger partial charge in [0.2, 0.25) is 5.88 Å². The summed E-state index contributed by atoms with van der Waals surface area (Å²) in [6.45, 7) is 0.348. The molecule has 4 rings (SSSR count). The number of benzene rings is 1. The summed E-state index contributed by atoms with van der Waals surface area (Å²) in [4.78, 5) is 5.62. The van der Waals surface area contributed by atoms with Gasteiger partial charge < -0.3 is 9.15 Å². The van der Waals surface area contributed by atoms with Crippen LogP contribution in [0.2, 0.25) is 0 Å². The molecule has 26 heavy (non-hydrogen) atoms. The quantitative estimate of drug-likeness (QED) is 0.471. The van der Waals surface area contributed by atoms with Crippen LogP contribution in [-0.2, 0) is 6.61 Å². The van der Waals surface area contributed by atoms with Crippen LogP contribution in [0.5, 0.6) is 5.88 Å². The summed E-state index contributed by atoms with van der Waals surface area (Å²) in [5.74, 6) is 0.332. The fourth-order valence-electron chi connectivity index (χ4n) is 2.66. The molecule has 0 fully saturated rings. The highest BCUT2D eigenvalue weighted by Gasteiger charge is 2.17. The first-order valence-electron chi connectivity index (χ1n) is 8.03. The second kappa shape index (κ2) is 7.26. The molecule has 0 unspecified atom stereocenters. The maximum atomic E-state index is 9.72. The lowest BCUT2D eigenvalue weighted by Crippen LogP contribution is -2.02. The van der Waals surface area contributed by atoms with Gasteiger partial charge in [0.15, 0.2) is 0 Å². The molecule has 126 valence electrons. The van der Waals surface area contributed by atoms with Crippen molar-refractivity contribution in [2.24, 2.45) is 0 Å². The van der Waals surface area contributed by atoms with E-state index in [4.69, 9.17) is 9.15 Å². The third-order valence-electron chi connectivity index (χ3n) is 3.92. The van der Waals surface area contributed by atoms with Crippen molar-refractivity contribution in [2.45, 2.75) is 6.61 Å². The molecule has 3 heterocycles. The van der Waals surface area contributed by atoms with E-state index in [1.165, 1.54) is 0 Å². The minimum absolute atomic E-state index is 0.332. The molecule has 0 aliphatic rings. The first kappa shape index (κ1) is 16.1. The number of aromatic nitrogens is 1. The highest BCUT2D eigenvalue weighted by atomic mass is 32.1. The van der Waals surface area contributed by atoms with E-state index < -0.39 is 0 Å². The number of rotatable bonds is 5. The molecule has 1 aromatic carbocycles. The van der Waals surface area contributed by atoms with Crippen LogP contribution >= 0.6 is 11.3 Å². The van der Waals surface area contributed by atoms with Crippen LogP contribution in [0.3, 0.4) is 0 Å². The van der Waals surface area contributed by atoms with Gasteiger partial charge in [0.25, 0.3) is 0 Å². The Hall–Kier alpha value is -3.36. The molecule has 0 amide bonds. The van der Waals surface area contributed by atoms with Crippen molar-refractivity contribution in [1.82, 2.24) is 4.98 Å². The van der Waals surface area contributed by atoms with Gasteiger partial charge in [-0.1, -0.05) is 36.4 Å². The predicted molar refractivity (Wildman–Crippen MR) is 101 cm³/mol. The van der Waals surface area contributed by atoms with Crippen LogP contribution in [0.4, 0.5) is 0 Å². The average Bonchev–Trinajstić information content (AvgIpc) is 3.40. The standard InChI is InChI=1S/C21H14N2O2S/c22-12-18-17(16-8-9-24-14-16)11-19(20-7-4-10-26-20)23-21(18)25-13-15-5-2-1-3-6-15/h1-11,14H,13H2. The van der Waals surface area contributed by atoms with Crippen molar-refractivity contribution in [3.63, 3.8) is 0 Å². The van der Waals surface area contributed by atoms with Gasteiger partial charge in [0, 0.05) is 11.1 Å². The Morgan fingerprint density at radius 1 is 1.12 bits per heavy atom. The SMILES string of the molecule is N#Cc1c(-c2ccoc2)cc(-c2cccs2)nc1OCc1ccccc1. The van der Waals surface area contributed by atoms with Crippen LogP contribution in [0.15, 0.2) is 76.9 Å². The molecular formula is C21H14N2O2S. The van der Waals surface area contributed by atoms with Crippen molar-refractivity contribution in [3.8, 4) is 33.6 Å². The molecule has 4 aromatic rings. The first-order chi connectivity index (χ1) is 12.8. The third kappa shape index (κ3) is 3.23. The lowest BCUT2D eigenvalue weighted by atomic mass is 10.0. The molecule has 0 N–H and O–H groups in total. The van der Waals surface area contributed by atoms with Crippen molar-refractivity contribution in [3.05, 3.63) is 83.6 Å². The van der Waals surface area contributed by atoms with Gasteiger partial charge in [0.1, 0.15) is 18.2 Å². The Morgan fingerprint density at radius 3 is 2.69 bits per heavy atom. The largest absolute Gasteiger partial charge is 0.472 e. The Balaban J connectivity index is 1.79. The summed E-state index contributed by atoms with van der Waals surface area (Å²) >= 11 is 1.59. The van der Waals surface area contributed by atoms with E-state index in [0.717, 1.165) is 27.3 Å². The zero-order valence-electron chi connectivity index (χ0n) is 13.8. The number of hydrogen-bond donors (Lipinski definition) is 0. The highest BCUT2D eigenvalue weighted by molar-refractivity contribution is 7.13. The Labute approximate surface area is 154 Å². The van der Waals surface area contributed by atoms with E-state index in [2.05, 4.69) is 11.1 Å². The molecule has 0 atom stereocenters. The predicted octanol–water partition coefficient (Wildman–Crippen LogP) is 5.52. The smallest absolute Gasteiger partial charge is 0.233 e. The summed E-state index contributed by atoms with van der Waals surface area (Å²) in [5.41, 5.74) is 3.78. The summed E-state index contributed by atoms with van der Waals surface area (Å²) in [7, 11) is 0. The number of pyridine rings is 1. The summed E-state index contributed by atoms with van der Waals surface area (Å²) in [6.07, 6.45) is 3.21. The number of nitrogens with zero attached hydrogens (tertiary/aromatic N) is 2. The number of nitriles is 1. The van der Waals surface area contributed by atoms with E-state index in [1.54, 1.807) is 23.9 Å². The van der Waals surface area contributed by atoms with Crippen LogP contribution in [0, 0.1) is 11.3 Å². The van der Waals surface area contributed by atoms with Crippen molar-refractivity contribution < 1.29 is 9.15 Å². The molecule has 0 saturated carbocycles. The molecule has 0 saturated heterocycles. The van der Waals surface area contributed by atoms with Crippen LogP contribution in [0.25, 0.3) is 21.7 Å². The zero-order chi connectivity index (χ0) is 17.8. The normalized spacial score (nSPS) is 10.4. The van der Waals surface area contributed by atoms with E-state index >= 15 is 0 Å². The van der Waals surface area contributed by atoms with E-state index in [-0.39, 0.29) is 0 Å². The second-order valence-electron chi connectivity index (χ2n) is 5.61. The molecular weight excluding hydrogens is 344 g/mol. The van der Waals surface area contributed by atoms with Crippen molar-refractivity contribution in [2.75, 3.05) is 0 Å². The number of ether oxygens (including phenoxy) is 1. The van der Waals surface area contributed by atoms with Gasteiger partial charge in [-0.05, 0) is 29.1 Å². The summed E-state index contributed by atoms with van der Waals surface area (Å²) in [6, 6.07) is 19.8. The summed E-state index contributed by atoms with van der Waals surface area (Å²) < 4.78 is 11.1. The van der Waals surface area contributed by atoms with Gasteiger partial charge in [-0.15, -0.1) is 11.3 Å². The number of hydrogen-bond acceptors (Lipinski definition) is 5. The number of furan rings is 1. The molecule has 0 radical (unpaired) electrons. The molecule has 0 aliphatic heterocycles. The minimum atomic E-state index is 0.332. The van der Waals surface area contributed by atoms with E-state index in [1.807, 2.05) is 60.0 Å². The Kier molecular flexibility index (Phi) is 4.50. The van der Waals surface area contributed by atoms with Gasteiger partial charge in [0.05, 0.1) is 23.1 Å². The summed E-state index contributed by atoms with van der Waals surface area (Å²) in [5, 5.41) is 11.7. The first-order valence-corrected chi connectivity index (χ1v) is 8.91. The van der Waals surface area contributed by atoms with Crippen molar-refractivity contribution >= 4 is 11.3 Å². The Bertz CT molecular complexity index is 1030. The fourth-order valence-corrected chi connectivity index (χ4v) is 3.34. The Morgan fingerprint density at radius 2 is 2.00 bits per heavy atom. The second-order valence-corrected chi connectivity index (χ2v) is 6.56. The van der Waals surface area contributed by atoms with E-state index in [9.17, 15) is 5.26 Å². The van der Waals surface area contributed by atoms with Crippen LogP contribution in [0.1, 0.15) is 11.1 Å². The molecule has 0 spiro atoms. The topological polar surface area (TPSA) is 59.0 Å². The van der Waals surface area contributed by atoms with Gasteiger partial charge in [-0.3, -0.25) is 0 Å². The van der Waals surface area contributed by atoms with E-state index in [0.29, 0.717) is 18.1 Å². The van der Waals surface area contributed by atoms with Crippen molar-refractivity contribution in [1.29, 1.82) is 5.26 Å². The monoisotopic (exact) mass is 358 g/mol. The molecule has 3 aromatic heterocycles. The lowest BCUT2D eigenvalue weighted by molar-refractivity contribution is 0.293. The molecule has 5 heteroatoms. The van der Waals surface area contributed by atoms with Gasteiger partial charge in [-0.25, -0.2) is 4.98 Å². The maximum Gasteiger partial charge on any atom is 0.233 e. The zero-order valence-corrected chi connectivity index (χ0v) is 14.6. The number of thiophene rings is 1. The lowest BCUT2D eigenvalue weighted by Gasteiger charge is -2.12. The molecule has 4 nitrogen and oxygen atoms in total. The fraction of sp³-hybridized carbons (Fsp3) is 0.0476. The molecule has 0 aliphatic carbocycles. The maximum absolute atomic E-state index is 9.72.